The molecule has 1 aromatic carbocycles. The first-order chi connectivity index (χ1) is 15.0. The number of aryl methyl sites for hydroxylation is 1. The summed E-state index contributed by atoms with van der Waals surface area (Å²) in [4.78, 5) is 37.2. The fourth-order valence-electron chi connectivity index (χ4n) is 3.53. The van der Waals surface area contributed by atoms with Crippen LogP contribution in [0.3, 0.4) is 0 Å². The van der Waals surface area contributed by atoms with Crippen LogP contribution in [0, 0.1) is 6.92 Å². The van der Waals surface area contributed by atoms with E-state index in [1.807, 2.05) is 42.6 Å². The molecular formula is C23H18N4O2S2. The van der Waals surface area contributed by atoms with E-state index in [4.69, 9.17) is 9.97 Å². The van der Waals surface area contributed by atoms with Crippen molar-refractivity contribution in [1.29, 1.82) is 0 Å². The highest BCUT2D eigenvalue weighted by Gasteiger charge is 2.30. The Kier molecular flexibility index (Phi) is 4.88. The average molecular weight is 447 g/mol. The minimum atomic E-state index is -0.399. The van der Waals surface area contributed by atoms with Gasteiger partial charge >= 0.3 is 0 Å². The predicted molar refractivity (Wildman–Crippen MR) is 124 cm³/mol. The number of nitrogens with one attached hydrogen (secondary N) is 1. The van der Waals surface area contributed by atoms with Crippen molar-refractivity contribution < 1.29 is 9.59 Å². The largest absolute Gasteiger partial charge is 0.275 e. The van der Waals surface area contributed by atoms with Crippen molar-refractivity contribution in [3.63, 3.8) is 0 Å². The van der Waals surface area contributed by atoms with E-state index in [1.165, 1.54) is 16.5 Å². The fraction of sp³-hybridized carbons (Fsp3) is 0.130. The Bertz CT molecular complexity index is 1340. The fourth-order valence-corrected chi connectivity index (χ4v) is 5.40. The molecule has 0 saturated carbocycles. The minimum absolute atomic E-state index is 0.369. The van der Waals surface area contributed by atoms with Crippen LogP contribution >= 0.6 is 22.7 Å². The molecule has 1 aliphatic rings. The standard InChI is InChI=1S/C23H18N4O2S2/c1-13-11-18(28)27(23(13)29)26-21-19-14(2)17(12-15-7-4-3-5-8-15)31-22(19)25-20(24-21)16-9-6-10-30-16/h3-11H,12H2,1-2H3,(H,24,25,26). The van der Waals surface area contributed by atoms with Gasteiger partial charge in [-0.05, 0) is 36.4 Å². The van der Waals surface area contributed by atoms with Gasteiger partial charge in [0, 0.05) is 22.9 Å². The van der Waals surface area contributed by atoms with Gasteiger partial charge in [-0.3, -0.25) is 15.0 Å². The Morgan fingerprint density at radius 1 is 1.03 bits per heavy atom. The van der Waals surface area contributed by atoms with E-state index in [0.717, 1.165) is 32.1 Å². The zero-order valence-corrected chi connectivity index (χ0v) is 18.5. The number of nitrogens with zero attached hydrogens (tertiary/aromatic N) is 3. The number of amides is 2. The molecule has 4 heterocycles. The van der Waals surface area contributed by atoms with Crippen molar-refractivity contribution in [2.24, 2.45) is 0 Å². The summed E-state index contributed by atoms with van der Waals surface area (Å²) in [5.74, 6) is 0.267. The van der Waals surface area contributed by atoms with Crippen LogP contribution in [0.1, 0.15) is 22.9 Å². The third-order valence-corrected chi connectivity index (χ3v) is 7.21. The summed E-state index contributed by atoms with van der Waals surface area (Å²) < 4.78 is 0. The molecule has 0 aliphatic carbocycles. The SMILES string of the molecule is CC1=CC(=O)N(Nc2nc(-c3cccs3)nc3sc(Cc4ccccc4)c(C)c23)C1=O. The zero-order valence-electron chi connectivity index (χ0n) is 16.9. The lowest BCUT2D eigenvalue weighted by atomic mass is 10.1. The molecule has 31 heavy (non-hydrogen) atoms. The predicted octanol–water partition coefficient (Wildman–Crippen LogP) is 4.96. The zero-order chi connectivity index (χ0) is 21.5. The molecule has 0 unspecified atom stereocenters. The molecule has 4 aromatic rings. The number of carbonyl (C=O) groups excluding carboxylic acids is 2. The second kappa shape index (κ2) is 7.72. The summed E-state index contributed by atoms with van der Waals surface area (Å²) >= 11 is 3.16. The molecular weight excluding hydrogens is 428 g/mol. The monoisotopic (exact) mass is 446 g/mol. The number of benzene rings is 1. The van der Waals surface area contributed by atoms with Crippen LogP contribution in [0.15, 0.2) is 59.5 Å². The van der Waals surface area contributed by atoms with Gasteiger partial charge in [0.15, 0.2) is 11.6 Å². The number of hydrogen-bond acceptors (Lipinski definition) is 7. The summed E-state index contributed by atoms with van der Waals surface area (Å²) in [6.45, 7) is 3.66. The molecule has 154 valence electrons. The van der Waals surface area contributed by atoms with Gasteiger partial charge in [0.2, 0.25) is 0 Å². The first-order valence-corrected chi connectivity index (χ1v) is 11.4. The molecule has 0 bridgehead atoms. The summed E-state index contributed by atoms with van der Waals surface area (Å²) in [5, 5.41) is 3.82. The summed E-state index contributed by atoms with van der Waals surface area (Å²) in [5.41, 5.74) is 5.63. The summed E-state index contributed by atoms with van der Waals surface area (Å²) in [6.07, 6.45) is 2.11. The van der Waals surface area contributed by atoms with Crippen LogP contribution < -0.4 is 5.43 Å². The lowest BCUT2D eigenvalue weighted by molar-refractivity contribution is -0.135. The molecule has 5 rings (SSSR count). The molecule has 8 heteroatoms. The van der Waals surface area contributed by atoms with E-state index >= 15 is 0 Å². The summed E-state index contributed by atoms with van der Waals surface area (Å²) in [6, 6.07) is 14.2. The number of rotatable bonds is 5. The Labute approximate surface area is 186 Å². The van der Waals surface area contributed by atoms with Gasteiger partial charge in [-0.2, -0.15) is 5.01 Å². The minimum Gasteiger partial charge on any atom is -0.271 e. The number of fused-ring (bicyclic) bond motifs is 1. The molecule has 0 spiro atoms. The Hall–Kier alpha value is -3.36. The number of imide groups is 1. The van der Waals surface area contributed by atoms with Crippen molar-refractivity contribution >= 4 is 50.5 Å². The van der Waals surface area contributed by atoms with E-state index in [0.29, 0.717) is 17.2 Å². The number of hydrazine groups is 1. The molecule has 2 amide bonds. The van der Waals surface area contributed by atoms with Gasteiger partial charge in [-0.25, -0.2) is 9.97 Å². The quantitative estimate of drug-likeness (QED) is 0.439. The highest BCUT2D eigenvalue weighted by molar-refractivity contribution is 7.19. The highest BCUT2D eigenvalue weighted by atomic mass is 32.1. The lowest BCUT2D eigenvalue weighted by Crippen LogP contribution is -2.36. The van der Waals surface area contributed by atoms with Gasteiger partial charge in [-0.15, -0.1) is 22.7 Å². The maximum atomic E-state index is 12.4. The van der Waals surface area contributed by atoms with Crippen molar-refractivity contribution in [1.82, 2.24) is 15.0 Å². The van der Waals surface area contributed by atoms with E-state index in [9.17, 15) is 9.59 Å². The third kappa shape index (κ3) is 3.54. The smallest absolute Gasteiger partial charge is 0.271 e. The number of carbonyl (C=O) groups is 2. The average Bonchev–Trinajstić information content (AvgIpc) is 3.46. The first kappa shape index (κ1) is 19.6. The number of aromatic nitrogens is 2. The van der Waals surface area contributed by atoms with Gasteiger partial charge in [-0.1, -0.05) is 36.4 Å². The van der Waals surface area contributed by atoms with Gasteiger partial charge in [0.25, 0.3) is 11.8 Å². The molecule has 0 atom stereocenters. The van der Waals surface area contributed by atoms with Crippen LogP contribution in [0.25, 0.3) is 20.9 Å². The number of thiophene rings is 2. The third-order valence-electron chi connectivity index (χ3n) is 5.16. The molecule has 0 fully saturated rings. The Morgan fingerprint density at radius 3 is 2.52 bits per heavy atom. The van der Waals surface area contributed by atoms with E-state index in [1.54, 1.807) is 29.6 Å². The molecule has 0 radical (unpaired) electrons. The number of anilines is 1. The molecule has 6 nitrogen and oxygen atoms in total. The van der Waals surface area contributed by atoms with Crippen LogP contribution in [0.5, 0.6) is 0 Å². The van der Waals surface area contributed by atoms with E-state index < -0.39 is 5.91 Å². The first-order valence-electron chi connectivity index (χ1n) is 9.72. The second-order valence-electron chi connectivity index (χ2n) is 7.28. The van der Waals surface area contributed by atoms with Crippen LogP contribution in [0.4, 0.5) is 5.82 Å². The second-order valence-corrected chi connectivity index (χ2v) is 9.32. The molecule has 1 N–H and O–H groups in total. The number of hydrogen-bond donors (Lipinski definition) is 1. The van der Waals surface area contributed by atoms with E-state index in [-0.39, 0.29) is 5.91 Å². The van der Waals surface area contributed by atoms with Crippen molar-refractivity contribution in [3.05, 3.63) is 75.5 Å². The Balaban J connectivity index is 1.63. The Morgan fingerprint density at radius 2 is 1.84 bits per heavy atom. The van der Waals surface area contributed by atoms with Crippen LogP contribution in [-0.2, 0) is 16.0 Å². The highest BCUT2D eigenvalue weighted by Crippen LogP contribution is 2.37. The van der Waals surface area contributed by atoms with E-state index in [2.05, 4.69) is 17.6 Å². The normalized spacial score (nSPS) is 13.9. The van der Waals surface area contributed by atoms with Gasteiger partial charge < -0.3 is 0 Å². The van der Waals surface area contributed by atoms with Crippen LogP contribution in [-0.4, -0.2) is 26.8 Å². The van der Waals surface area contributed by atoms with Gasteiger partial charge in [0.1, 0.15) is 4.83 Å². The van der Waals surface area contributed by atoms with Crippen molar-refractivity contribution in [3.8, 4) is 10.7 Å². The van der Waals surface area contributed by atoms with Crippen molar-refractivity contribution in [2.45, 2.75) is 20.3 Å². The molecule has 1 aliphatic heterocycles. The maximum absolute atomic E-state index is 12.4. The maximum Gasteiger partial charge on any atom is 0.275 e. The lowest BCUT2D eigenvalue weighted by Gasteiger charge is -2.17. The summed E-state index contributed by atoms with van der Waals surface area (Å²) in [7, 11) is 0. The van der Waals surface area contributed by atoms with Gasteiger partial charge in [0.05, 0.1) is 10.3 Å². The molecule has 0 saturated heterocycles. The van der Waals surface area contributed by atoms with Crippen molar-refractivity contribution in [2.75, 3.05) is 5.43 Å². The topological polar surface area (TPSA) is 75.2 Å². The molecule has 3 aromatic heterocycles. The van der Waals surface area contributed by atoms with Crippen LogP contribution in [0.2, 0.25) is 0 Å².